The number of amides is 1. The molecule has 0 atom stereocenters. The maximum absolute atomic E-state index is 12.4. The normalized spacial score (nSPS) is 13.1. The second kappa shape index (κ2) is 4.94. The van der Waals surface area contributed by atoms with Gasteiger partial charge in [0.2, 0.25) is 0 Å². The third kappa shape index (κ3) is 1.92. The van der Waals surface area contributed by atoms with Gasteiger partial charge in [-0.2, -0.15) is 0 Å². The Kier molecular flexibility index (Phi) is 3.12. The predicted molar refractivity (Wildman–Crippen MR) is 75.4 cm³/mol. The first-order valence-electron chi connectivity index (χ1n) is 6.39. The topological polar surface area (TPSA) is 58.6 Å². The Morgan fingerprint density at radius 3 is 2.75 bits per heavy atom. The number of carbonyl (C=O) groups is 2. The number of methoxy groups -OCH3 is 1. The van der Waals surface area contributed by atoms with Gasteiger partial charge in [-0.25, -0.2) is 10.4 Å². The fourth-order valence-electron chi connectivity index (χ4n) is 2.44. The molecule has 1 heterocycles. The number of carbonyl (C=O) groups excluding carboxylic acids is 2. The van der Waals surface area contributed by atoms with E-state index in [0.717, 1.165) is 16.5 Å². The van der Waals surface area contributed by atoms with Gasteiger partial charge in [0.15, 0.2) is 0 Å². The number of esters is 1. The molecule has 0 aromatic heterocycles. The molecule has 5 nitrogen and oxygen atoms in total. The van der Waals surface area contributed by atoms with Crippen LogP contribution in [0.15, 0.2) is 36.4 Å². The molecule has 0 saturated heterocycles. The molecule has 2 aromatic carbocycles. The summed E-state index contributed by atoms with van der Waals surface area (Å²) in [6.45, 7) is 0.350. The van der Waals surface area contributed by atoms with E-state index in [1.54, 1.807) is 0 Å². The molecule has 1 aliphatic rings. The lowest BCUT2D eigenvalue weighted by Crippen LogP contribution is -2.41. The summed E-state index contributed by atoms with van der Waals surface area (Å²) >= 11 is 0. The Balaban J connectivity index is 1.87. The highest BCUT2D eigenvalue weighted by Gasteiger charge is 2.29. The van der Waals surface area contributed by atoms with E-state index in [1.807, 2.05) is 36.4 Å². The molecule has 1 aliphatic heterocycles. The molecular formula is C15H14N2O3. The van der Waals surface area contributed by atoms with E-state index in [-0.39, 0.29) is 18.3 Å². The van der Waals surface area contributed by atoms with E-state index in [1.165, 1.54) is 12.1 Å². The largest absolute Gasteiger partial charge is 0.469 e. The minimum absolute atomic E-state index is 0.0957. The highest BCUT2D eigenvalue weighted by atomic mass is 16.5. The van der Waals surface area contributed by atoms with Crippen LogP contribution >= 0.6 is 0 Å². The van der Waals surface area contributed by atoms with Crippen LogP contribution in [-0.4, -0.2) is 25.5 Å². The summed E-state index contributed by atoms with van der Waals surface area (Å²) in [5, 5.41) is 3.48. The fourth-order valence-corrected chi connectivity index (χ4v) is 2.44. The highest BCUT2D eigenvalue weighted by Crippen LogP contribution is 2.35. The van der Waals surface area contributed by atoms with Gasteiger partial charge >= 0.3 is 5.97 Å². The van der Waals surface area contributed by atoms with Crippen LogP contribution in [0.4, 0.5) is 5.69 Å². The lowest BCUT2D eigenvalue weighted by molar-refractivity contribution is -0.140. The summed E-state index contributed by atoms with van der Waals surface area (Å²) in [5.41, 5.74) is 4.50. The van der Waals surface area contributed by atoms with Crippen molar-refractivity contribution in [2.24, 2.45) is 0 Å². The first kappa shape index (κ1) is 12.6. The van der Waals surface area contributed by atoms with Gasteiger partial charge in [-0.05, 0) is 17.5 Å². The number of hydrazine groups is 1. The zero-order chi connectivity index (χ0) is 14.1. The van der Waals surface area contributed by atoms with Crippen molar-refractivity contribution >= 4 is 28.3 Å². The number of anilines is 1. The van der Waals surface area contributed by atoms with Gasteiger partial charge in [-0.3, -0.25) is 9.59 Å². The number of nitrogens with one attached hydrogen (secondary N) is 1. The molecule has 102 valence electrons. The molecule has 0 aliphatic carbocycles. The zero-order valence-electron chi connectivity index (χ0n) is 11.1. The summed E-state index contributed by atoms with van der Waals surface area (Å²) in [7, 11) is 1.35. The van der Waals surface area contributed by atoms with Crippen molar-refractivity contribution in [1.82, 2.24) is 5.43 Å². The lowest BCUT2D eigenvalue weighted by atomic mass is 10.1. The van der Waals surface area contributed by atoms with E-state index in [4.69, 9.17) is 0 Å². The zero-order valence-corrected chi connectivity index (χ0v) is 11.1. The van der Waals surface area contributed by atoms with Crippen molar-refractivity contribution in [3.05, 3.63) is 42.0 Å². The molecule has 3 rings (SSSR count). The molecule has 5 heteroatoms. The first-order valence-corrected chi connectivity index (χ1v) is 6.39. The second-order valence-electron chi connectivity index (χ2n) is 4.56. The van der Waals surface area contributed by atoms with Gasteiger partial charge in [-0.1, -0.05) is 24.3 Å². The molecule has 0 bridgehead atoms. The Bertz CT molecular complexity index is 691. The van der Waals surface area contributed by atoms with Crippen molar-refractivity contribution in [3.8, 4) is 0 Å². The van der Waals surface area contributed by atoms with Gasteiger partial charge in [0.25, 0.3) is 5.91 Å². The third-order valence-corrected chi connectivity index (χ3v) is 3.38. The Hall–Kier alpha value is -2.40. The van der Waals surface area contributed by atoms with E-state index < -0.39 is 0 Å². The number of benzene rings is 2. The van der Waals surface area contributed by atoms with Crippen LogP contribution in [0.25, 0.3) is 10.8 Å². The van der Waals surface area contributed by atoms with Gasteiger partial charge < -0.3 is 4.74 Å². The van der Waals surface area contributed by atoms with Crippen LogP contribution in [0, 0.1) is 0 Å². The summed E-state index contributed by atoms with van der Waals surface area (Å²) in [5.74, 6) is -0.401. The average Bonchev–Trinajstić information content (AvgIpc) is 2.75. The standard InChI is InChI=1S/C15H14N2O3/c1-20-13(18)8-9-16-17-12-7-3-5-10-4-2-6-11(14(10)12)15(17)19/h2-7,16H,8-9H2,1H3. The smallest absolute Gasteiger partial charge is 0.306 e. The summed E-state index contributed by atoms with van der Waals surface area (Å²) in [6, 6.07) is 11.4. The predicted octanol–water partition coefficient (Wildman–Crippen LogP) is 1.87. The van der Waals surface area contributed by atoms with Crippen LogP contribution < -0.4 is 10.4 Å². The minimum atomic E-state index is -0.306. The van der Waals surface area contributed by atoms with Gasteiger partial charge in [-0.15, -0.1) is 0 Å². The Labute approximate surface area is 116 Å². The SMILES string of the molecule is COC(=O)CCNN1C(=O)c2cccc3cccc1c23. The van der Waals surface area contributed by atoms with Crippen LogP contribution in [-0.2, 0) is 9.53 Å². The number of rotatable bonds is 4. The van der Waals surface area contributed by atoms with Gasteiger partial charge in [0, 0.05) is 11.9 Å². The van der Waals surface area contributed by atoms with Crippen LogP contribution in [0.3, 0.4) is 0 Å². The van der Waals surface area contributed by atoms with E-state index in [0.29, 0.717) is 12.1 Å². The number of hydrogen-bond donors (Lipinski definition) is 1. The lowest BCUT2D eigenvalue weighted by Gasteiger charge is -2.18. The summed E-state index contributed by atoms with van der Waals surface area (Å²) < 4.78 is 4.58. The number of nitrogens with zero attached hydrogens (tertiary/aromatic N) is 1. The van der Waals surface area contributed by atoms with Crippen molar-refractivity contribution in [2.75, 3.05) is 18.7 Å². The van der Waals surface area contributed by atoms with Crippen molar-refractivity contribution in [2.45, 2.75) is 6.42 Å². The second-order valence-corrected chi connectivity index (χ2v) is 4.56. The van der Waals surface area contributed by atoms with E-state index in [9.17, 15) is 9.59 Å². The molecule has 0 radical (unpaired) electrons. The van der Waals surface area contributed by atoms with Crippen LogP contribution in [0.2, 0.25) is 0 Å². The number of hydrogen-bond acceptors (Lipinski definition) is 4. The van der Waals surface area contributed by atoms with Gasteiger partial charge in [0.1, 0.15) is 0 Å². The van der Waals surface area contributed by atoms with E-state index >= 15 is 0 Å². The maximum Gasteiger partial charge on any atom is 0.306 e. The number of ether oxygens (including phenoxy) is 1. The third-order valence-electron chi connectivity index (χ3n) is 3.38. The fraction of sp³-hybridized carbons (Fsp3) is 0.200. The Morgan fingerprint density at radius 2 is 2.00 bits per heavy atom. The van der Waals surface area contributed by atoms with Crippen molar-refractivity contribution in [3.63, 3.8) is 0 Å². The molecule has 1 N–H and O–H groups in total. The maximum atomic E-state index is 12.4. The van der Waals surface area contributed by atoms with Crippen LogP contribution in [0.5, 0.6) is 0 Å². The molecular weight excluding hydrogens is 256 g/mol. The summed E-state index contributed by atoms with van der Waals surface area (Å²) in [4.78, 5) is 23.5. The molecule has 2 aromatic rings. The first-order chi connectivity index (χ1) is 9.72. The molecule has 0 unspecified atom stereocenters. The minimum Gasteiger partial charge on any atom is -0.469 e. The van der Waals surface area contributed by atoms with Crippen LogP contribution in [0.1, 0.15) is 16.8 Å². The van der Waals surface area contributed by atoms with Crippen molar-refractivity contribution in [1.29, 1.82) is 0 Å². The van der Waals surface area contributed by atoms with Crippen molar-refractivity contribution < 1.29 is 14.3 Å². The molecule has 0 spiro atoms. The molecule has 1 amide bonds. The molecule has 0 fully saturated rings. The van der Waals surface area contributed by atoms with E-state index in [2.05, 4.69) is 10.2 Å². The molecule has 0 saturated carbocycles. The average molecular weight is 270 g/mol. The molecule has 20 heavy (non-hydrogen) atoms. The Morgan fingerprint density at radius 1 is 1.25 bits per heavy atom. The van der Waals surface area contributed by atoms with Gasteiger partial charge in [0.05, 0.1) is 24.8 Å². The monoisotopic (exact) mass is 270 g/mol. The highest BCUT2D eigenvalue weighted by molar-refractivity contribution is 6.24. The summed E-state index contributed by atoms with van der Waals surface area (Å²) in [6.07, 6.45) is 0.215. The quantitative estimate of drug-likeness (QED) is 0.862.